The van der Waals surface area contributed by atoms with Crippen molar-refractivity contribution in [3.8, 4) is 0 Å². The SMILES string of the molecule is O=CCCCCCCCC/C=C\C(=O)O. The summed E-state index contributed by atoms with van der Waals surface area (Å²) in [7, 11) is 0. The van der Waals surface area contributed by atoms with Crippen molar-refractivity contribution in [3.63, 3.8) is 0 Å². The fourth-order valence-electron chi connectivity index (χ4n) is 1.38. The van der Waals surface area contributed by atoms with Crippen LogP contribution >= 0.6 is 0 Å². The van der Waals surface area contributed by atoms with Crippen molar-refractivity contribution in [2.24, 2.45) is 0 Å². The van der Waals surface area contributed by atoms with Crippen molar-refractivity contribution in [1.29, 1.82) is 0 Å². The summed E-state index contributed by atoms with van der Waals surface area (Å²) in [5, 5.41) is 8.32. The molecule has 0 atom stereocenters. The predicted octanol–water partition coefficient (Wildman–Crippen LogP) is 2.95. The van der Waals surface area contributed by atoms with Gasteiger partial charge in [-0.05, 0) is 19.3 Å². The maximum Gasteiger partial charge on any atom is 0.327 e. The molecule has 0 amide bonds. The van der Waals surface area contributed by atoms with Gasteiger partial charge in [-0.25, -0.2) is 4.79 Å². The summed E-state index contributed by atoms with van der Waals surface area (Å²) in [6.07, 6.45) is 12.1. The Morgan fingerprint density at radius 3 is 2.00 bits per heavy atom. The number of unbranched alkanes of at least 4 members (excludes halogenated alkanes) is 7. The molecule has 0 heterocycles. The van der Waals surface area contributed by atoms with Gasteiger partial charge >= 0.3 is 5.97 Å². The molecule has 0 saturated carbocycles. The molecule has 3 heteroatoms. The van der Waals surface area contributed by atoms with Gasteiger partial charge in [-0.15, -0.1) is 0 Å². The maximum absolute atomic E-state index is 10.1. The Kier molecular flexibility index (Phi) is 10.1. The Balaban J connectivity index is 3.05. The molecule has 0 spiro atoms. The number of aldehydes is 1. The predicted molar refractivity (Wildman–Crippen MR) is 59.8 cm³/mol. The highest BCUT2D eigenvalue weighted by atomic mass is 16.4. The van der Waals surface area contributed by atoms with Crippen LogP contribution < -0.4 is 0 Å². The molecule has 1 N–H and O–H groups in total. The van der Waals surface area contributed by atoms with Crippen LogP contribution in [0.25, 0.3) is 0 Å². The molecule has 0 fully saturated rings. The Hall–Kier alpha value is -1.12. The number of aliphatic carboxylic acids is 1. The summed E-state index contributed by atoms with van der Waals surface area (Å²) in [5.74, 6) is -0.871. The highest BCUT2D eigenvalue weighted by Crippen LogP contribution is 2.08. The number of rotatable bonds is 10. The second-order valence-electron chi connectivity index (χ2n) is 3.61. The number of carbonyl (C=O) groups is 2. The van der Waals surface area contributed by atoms with E-state index in [-0.39, 0.29) is 0 Å². The summed E-state index contributed by atoms with van der Waals surface area (Å²) in [5.41, 5.74) is 0. The van der Waals surface area contributed by atoms with E-state index in [2.05, 4.69) is 0 Å². The maximum atomic E-state index is 10.1. The summed E-state index contributed by atoms with van der Waals surface area (Å²) < 4.78 is 0. The zero-order valence-electron chi connectivity index (χ0n) is 9.15. The van der Waals surface area contributed by atoms with Gasteiger partial charge < -0.3 is 9.90 Å². The Morgan fingerprint density at radius 2 is 1.47 bits per heavy atom. The molecule has 3 nitrogen and oxygen atoms in total. The lowest BCUT2D eigenvalue weighted by atomic mass is 10.1. The lowest BCUT2D eigenvalue weighted by Crippen LogP contribution is -1.85. The smallest absolute Gasteiger partial charge is 0.327 e. The van der Waals surface area contributed by atoms with Crippen molar-refractivity contribution in [3.05, 3.63) is 12.2 Å². The molecule has 0 aromatic rings. The van der Waals surface area contributed by atoms with Gasteiger partial charge in [-0.1, -0.05) is 31.8 Å². The largest absolute Gasteiger partial charge is 0.478 e. The van der Waals surface area contributed by atoms with Gasteiger partial charge in [0.15, 0.2) is 0 Å². The van der Waals surface area contributed by atoms with Crippen LogP contribution in [0.15, 0.2) is 12.2 Å². The first kappa shape index (κ1) is 13.9. The minimum atomic E-state index is -0.871. The lowest BCUT2D eigenvalue weighted by molar-refractivity contribution is -0.131. The summed E-state index contributed by atoms with van der Waals surface area (Å²) in [6.45, 7) is 0. The molecule has 86 valence electrons. The van der Waals surface area contributed by atoms with Gasteiger partial charge in [0.2, 0.25) is 0 Å². The van der Waals surface area contributed by atoms with Crippen LogP contribution in [0.5, 0.6) is 0 Å². The number of hydrogen-bond donors (Lipinski definition) is 1. The average Bonchev–Trinajstić information content (AvgIpc) is 2.20. The van der Waals surface area contributed by atoms with Crippen molar-refractivity contribution in [2.75, 3.05) is 0 Å². The van der Waals surface area contributed by atoms with Crippen molar-refractivity contribution < 1.29 is 14.7 Å². The molecule has 0 aromatic heterocycles. The third-order valence-corrected chi connectivity index (χ3v) is 2.20. The Labute approximate surface area is 91.2 Å². The molecule has 15 heavy (non-hydrogen) atoms. The first-order valence-corrected chi connectivity index (χ1v) is 5.60. The van der Waals surface area contributed by atoms with Crippen LogP contribution in [0, 0.1) is 0 Å². The van der Waals surface area contributed by atoms with Gasteiger partial charge in [0.1, 0.15) is 6.29 Å². The van der Waals surface area contributed by atoms with Gasteiger partial charge in [0.25, 0.3) is 0 Å². The molecule has 0 radical (unpaired) electrons. The Bertz CT molecular complexity index is 197. The summed E-state index contributed by atoms with van der Waals surface area (Å²) >= 11 is 0. The number of carbonyl (C=O) groups excluding carboxylic acids is 1. The Morgan fingerprint density at radius 1 is 0.933 bits per heavy atom. The zero-order chi connectivity index (χ0) is 11.4. The second kappa shape index (κ2) is 11.0. The van der Waals surface area contributed by atoms with E-state index in [1.807, 2.05) is 0 Å². The van der Waals surface area contributed by atoms with E-state index in [0.29, 0.717) is 6.42 Å². The van der Waals surface area contributed by atoms with E-state index in [9.17, 15) is 9.59 Å². The highest BCUT2D eigenvalue weighted by Gasteiger charge is 1.91. The van der Waals surface area contributed by atoms with Gasteiger partial charge in [-0.2, -0.15) is 0 Å². The van der Waals surface area contributed by atoms with E-state index in [4.69, 9.17) is 5.11 Å². The molecular weight excluding hydrogens is 192 g/mol. The fourth-order valence-corrected chi connectivity index (χ4v) is 1.38. The molecule has 0 saturated heterocycles. The molecule has 0 aliphatic heterocycles. The van der Waals surface area contributed by atoms with Crippen LogP contribution in [0.4, 0.5) is 0 Å². The molecule has 0 rings (SSSR count). The number of carboxylic acid groups (broad SMARTS) is 1. The monoisotopic (exact) mass is 212 g/mol. The average molecular weight is 212 g/mol. The van der Waals surface area contributed by atoms with Crippen molar-refractivity contribution in [1.82, 2.24) is 0 Å². The van der Waals surface area contributed by atoms with Gasteiger partial charge in [-0.3, -0.25) is 0 Å². The van der Waals surface area contributed by atoms with Crippen LogP contribution in [-0.4, -0.2) is 17.4 Å². The first-order chi connectivity index (χ1) is 7.27. The van der Waals surface area contributed by atoms with Gasteiger partial charge in [0, 0.05) is 12.5 Å². The van der Waals surface area contributed by atoms with E-state index in [0.717, 1.165) is 38.4 Å². The molecule has 0 aliphatic rings. The number of allylic oxidation sites excluding steroid dienone is 1. The molecule has 0 bridgehead atoms. The van der Waals surface area contributed by atoms with Crippen molar-refractivity contribution >= 4 is 12.3 Å². The molecular formula is C12H20O3. The minimum absolute atomic E-state index is 0.682. The molecule has 0 aliphatic carbocycles. The second-order valence-corrected chi connectivity index (χ2v) is 3.61. The van der Waals surface area contributed by atoms with Crippen molar-refractivity contribution in [2.45, 2.75) is 51.4 Å². The van der Waals surface area contributed by atoms with E-state index >= 15 is 0 Å². The van der Waals surface area contributed by atoms with Crippen LogP contribution in [0.1, 0.15) is 51.4 Å². The van der Waals surface area contributed by atoms with Crippen LogP contribution in [0.3, 0.4) is 0 Å². The topological polar surface area (TPSA) is 54.4 Å². The highest BCUT2D eigenvalue weighted by molar-refractivity contribution is 5.79. The van der Waals surface area contributed by atoms with E-state index in [1.165, 1.54) is 18.9 Å². The van der Waals surface area contributed by atoms with Crippen LogP contribution in [0.2, 0.25) is 0 Å². The summed E-state index contributed by atoms with van der Waals surface area (Å²) in [4.78, 5) is 20.1. The third-order valence-electron chi connectivity index (χ3n) is 2.20. The quantitative estimate of drug-likeness (QED) is 0.344. The minimum Gasteiger partial charge on any atom is -0.478 e. The number of carboxylic acids is 1. The number of hydrogen-bond acceptors (Lipinski definition) is 2. The first-order valence-electron chi connectivity index (χ1n) is 5.60. The third kappa shape index (κ3) is 12.9. The van der Waals surface area contributed by atoms with E-state index in [1.54, 1.807) is 6.08 Å². The lowest BCUT2D eigenvalue weighted by Gasteiger charge is -1.98. The van der Waals surface area contributed by atoms with E-state index < -0.39 is 5.97 Å². The standard InChI is InChI=1S/C12H20O3/c13-11-9-7-5-3-1-2-4-6-8-10-12(14)15/h8,10-11H,1-7,9H2,(H,14,15)/b10-8-. The normalized spacial score (nSPS) is 10.7. The molecule has 0 unspecified atom stereocenters. The fraction of sp³-hybridized carbons (Fsp3) is 0.667. The summed E-state index contributed by atoms with van der Waals surface area (Å²) in [6, 6.07) is 0. The zero-order valence-corrected chi connectivity index (χ0v) is 9.15. The van der Waals surface area contributed by atoms with Gasteiger partial charge in [0.05, 0.1) is 0 Å². The van der Waals surface area contributed by atoms with Crippen LogP contribution in [-0.2, 0) is 9.59 Å². The molecule has 0 aromatic carbocycles.